The number of hydrogen-bond donors (Lipinski definition) is 2. The fourth-order valence-corrected chi connectivity index (χ4v) is 5.71. The van der Waals surface area contributed by atoms with Gasteiger partial charge >= 0.3 is 6.18 Å². The van der Waals surface area contributed by atoms with Gasteiger partial charge in [0.2, 0.25) is 0 Å². The maximum absolute atomic E-state index is 13.9. The van der Waals surface area contributed by atoms with Crippen molar-refractivity contribution in [3.63, 3.8) is 0 Å². The first-order chi connectivity index (χ1) is 23.5. The Morgan fingerprint density at radius 1 is 1.06 bits per heavy atom. The molecule has 6 rings (SSSR count). The van der Waals surface area contributed by atoms with Crippen LogP contribution in [0.25, 0.3) is 5.82 Å². The molecule has 1 aliphatic rings. The molecule has 2 aromatic carbocycles. The van der Waals surface area contributed by atoms with E-state index in [9.17, 15) is 28.0 Å². The van der Waals surface area contributed by atoms with Crippen molar-refractivity contribution in [3.8, 4) is 11.9 Å². The van der Waals surface area contributed by atoms with Gasteiger partial charge < -0.3 is 10.6 Å². The first kappa shape index (κ1) is 33.2. The van der Waals surface area contributed by atoms with Gasteiger partial charge in [-0.3, -0.25) is 14.5 Å². The minimum Gasteiger partial charge on any atom is -0.348 e. The van der Waals surface area contributed by atoms with E-state index in [1.165, 1.54) is 30.5 Å². The lowest BCUT2D eigenvalue weighted by molar-refractivity contribution is -0.145. The molecule has 250 valence electrons. The smallest absolute Gasteiger partial charge is 0.348 e. The van der Waals surface area contributed by atoms with Crippen molar-refractivity contribution in [1.82, 2.24) is 45.2 Å². The third-order valence-corrected chi connectivity index (χ3v) is 8.04. The topological polar surface area (TPSA) is 160 Å². The molecule has 0 radical (unpaired) electrons. The van der Waals surface area contributed by atoms with Crippen molar-refractivity contribution in [2.24, 2.45) is 0 Å². The predicted octanol–water partition coefficient (Wildman–Crippen LogP) is 4.41. The molecule has 0 aliphatic carbocycles. The number of pyridine rings is 1. The van der Waals surface area contributed by atoms with Gasteiger partial charge in [0, 0.05) is 31.9 Å². The number of tetrazole rings is 1. The monoisotopic (exact) mass is 689 g/mol. The SMILES string of the molecule is Cc1cc(C#N)cc(C(=O)NC2CCN(Cc3ccccc3)C2)c1NC(=O)c1cc(Cn2nnc(C(F)(F)F)n2)nn1-c1ncccc1Cl. The molecule has 1 atom stereocenters. The molecule has 2 N–H and O–H groups in total. The summed E-state index contributed by atoms with van der Waals surface area (Å²) < 4.78 is 40.3. The fourth-order valence-electron chi connectivity index (χ4n) is 5.51. The van der Waals surface area contributed by atoms with Crippen LogP contribution in [0.2, 0.25) is 5.02 Å². The molecule has 3 aromatic heterocycles. The largest absolute Gasteiger partial charge is 0.455 e. The summed E-state index contributed by atoms with van der Waals surface area (Å²) in [4.78, 5) is 34.8. The van der Waals surface area contributed by atoms with E-state index in [2.05, 4.69) is 41.0 Å². The number of halogens is 4. The quantitative estimate of drug-likeness (QED) is 0.229. The van der Waals surface area contributed by atoms with E-state index >= 15 is 0 Å². The number of rotatable bonds is 9. The van der Waals surface area contributed by atoms with Gasteiger partial charge in [-0.2, -0.15) is 28.3 Å². The average molecular weight is 690 g/mol. The Labute approximate surface area is 282 Å². The van der Waals surface area contributed by atoms with Crippen molar-refractivity contribution in [1.29, 1.82) is 5.26 Å². The normalized spacial score (nSPS) is 14.8. The summed E-state index contributed by atoms with van der Waals surface area (Å²) >= 11 is 6.37. The van der Waals surface area contributed by atoms with Crippen molar-refractivity contribution in [2.75, 3.05) is 18.4 Å². The summed E-state index contributed by atoms with van der Waals surface area (Å²) in [6, 6.07) is 19.2. The lowest BCUT2D eigenvalue weighted by Crippen LogP contribution is -2.37. The van der Waals surface area contributed by atoms with E-state index in [0.717, 1.165) is 29.8 Å². The highest BCUT2D eigenvalue weighted by molar-refractivity contribution is 6.32. The Morgan fingerprint density at radius 3 is 2.57 bits per heavy atom. The first-order valence-corrected chi connectivity index (χ1v) is 15.3. The molecule has 49 heavy (non-hydrogen) atoms. The number of anilines is 1. The molecule has 0 saturated carbocycles. The number of alkyl halides is 3. The summed E-state index contributed by atoms with van der Waals surface area (Å²) in [5, 5.41) is 29.8. The number of benzene rings is 2. The second-order valence-electron chi connectivity index (χ2n) is 11.3. The predicted molar refractivity (Wildman–Crippen MR) is 170 cm³/mol. The van der Waals surface area contributed by atoms with Crippen LogP contribution in [-0.2, 0) is 19.3 Å². The highest BCUT2D eigenvalue weighted by Gasteiger charge is 2.37. The fraction of sp³-hybridized carbons (Fsp3) is 0.250. The van der Waals surface area contributed by atoms with Gasteiger partial charge in [-0.05, 0) is 60.0 Å². The number of amides is 2. The van der Waals surface area contributed by atoms with Gasteiger partial charge in [0.15, 0.2) is 5.82 Å². The van der Waals surface area contributed by atoms with Crippen LogP contribution in [0.15, 0.2) is 66.9 Å². The molecule has 13 nitrogen and oxygen atoms in total. The lowest BCUT2D eigenvalue weighted by atomic mass is 10.0. The van der Waals surface area contributed by atoms with Crippen LogP contribution in [0.4, 0.5) is 18.9 Å². The second-order valence-corrected chi connectivity index (χ2v) is 11.8. The number of carbonyl (C=O) groups is 2. The van der Waals surface area contributed by atoms with Crippen LogP contribution in [0.3, 0.4) is 0 Å². The zero-order valence-electron chi connectivity index (χ0n) is 25.8. The number of carbonyl (C=O) groups excluding carboxylic acids is 2. The third-order valence-electron chi connectivity index (χ3n) is 7.75. The standard InChI is InChI=1S/C32H27ClF3N11O2/c1-19-12-21(15-37)13-24(29(48)39-22-9-11-45(17-22)16-20-6-3-2-4-7-20)27(19)40-30(49)26-14-23(18-46-43-31(41-44-46)32(34,35)36)42-47(26)28-25(33)8-5-10-38-28/h2-8,10,12-14,22H,9,11,16-18H2,1H3,(H,39,48)(H,40,49). The minimum absolute atomic E-state index is 0.0684. The molecule has 5 aromatic rings. The number of nitrogens with one attached hydrogen (secondary N) is 2. The number of hydrogen-bond acceptors (Lipinski definition) is 9. The zero-order valence-corrected chi connectivity index (χ0v) is 26.6. The van der Waals surface area contributed by atoms with Crippen LogP contribution in [0, 0.1) is 18.3 Å². The van der Waals surface area contributed by atoms with E-state index in [1.54, 1.807) is 13.0 Å². The van der Waals surface area contributed by atoms with Crippen LogP contribution < -0.4 is 10.6 Å². The number of aromatic nitrogens is 7. The number of nitrogens with zero attached hydrogens (tertiary/aromatic N) is 9. The average Bonchev–Trinajstić information content (AvgIpc) is 3.83. The Bertz CT molecular complexity index is 2060. The Hall–Kier alpha value is -5.66. The molecule has 1 fully saturated rings. The van der Waals surface area contributed by atoms with Crippen molar-refractivity contribution in [3.05, 3.63) is 111 Å². The Balaban J connectivity index is 1.27. The first-order valence-electron chi connectivity index (χ1n) is 15.0. The van der Waals surface area contributed by atoms with Gasteiger partial charge in [-0.1, -0.05) is 41.9 Å². The summed E-state index contributed by atoms with van der Waals surface area (Å²) in [5.74, 6) is -2.57. The summed E-state index contributed by atoms with van der Waals surface area (Å²) in [6.07, 6.45) is -2.66. The van der Waals surface area contributed by atoms with E-state index in [1.807, 2.05) is 36.4 Å². The third kappa shape index (κ3) is 7.58. The highest BCUT2D eigenvalue weighted by Crippen LogP contribution is 2.27. The van der Waals surface area contributed by atoms with E-state index in [4.69, 9.17) is 11.6 Å². The molecule has 1 aliphatic heterocycles. The maximum Gasteiger partial charge on any atom is 0.455 e. The Morgan fingerprint density at radius 2 is 1.86 bits per heavy atom. The molecule has 1 saturated heterocycles. The minimum atomic E-state index is -4.80. The molecule has 17 heteroatoms. The molecule has 0 bridgehead atoms. The zero-order chi connectivity index (χ0) is 34.7. The second kappa shape index (κ2) is 13.8. The number of likely N-dealkylation sites (tertiary alicyclic amines) is 1. The lowest BCUT2D eigenvalue weighted by Gasteiger charge is -2.19. The van der Waals surface area contributed by atoms with Crippen molar-refractivity contribution in [2.45, 2.75) is 38.7 Å². The summed E-state index contributed by atoms with van der Waals surface area (Å²) in [6.45, 7) is 3.43. The molecule has 2 amide bonds. The summed E-state index contributed by atoms with van der Waals surface area (Å²) in [5.41, 5.74) is 2.07. The molecule has 4 heterocycles. The molecule has 0 spiro atoms. The van der Waals surface area contributed by atoms with Crippen LogP contribution >= 0.6 is 11.6 Å². The molecule has 1 unspecified atom stereocenters. The highest BCUT2D eigenvalue weighted by atomic mass is 35.5. The van der Waals surface area contributed by atoms with E-state index < -0.39 is 23.8 Å². The van der Waals surface area contributed by atoms with Gasteiger partial charge in [0.05, 0.1) is 33.6 Å². The van der Waals surface area contributed by atoms with Crippen LogP contribution in [-0.4, -0.2) is 70.8 Å². The Kier molecular flexibility index (Phi) is 9.38. The van der Waals surface area contributed by atoms with Crippen LogP contribution in [0.5, 0.6) is 0 Å². The molecular formula is C32H27ClF3N11O2. The van der Waals surface area contributed by atoms with Gasteiger partial charge in [0.25, 0.3) is 17.6 Å². The molecular weight excluding hydrogens is 663 g/mol. The van der Waals surface area contributed by atoms with Crippen molar-refractivity contribution >= 4 is 29.1 Å². The van der Waals surface area contributed by atoms with Gasteiger partial charge in [-0.15, -0.1) is 10.2 Å². The summed E-state index contributed by atoms with van der Waals surface area (Å²) in [7, 11) is 0. The van der Waals surface area contributed by atoms with Gasteiger partial charge in [-0.25, -0.2) is 9.67 Å². The van der Waals surface area contributed by atoms with E-state index in [0.29, 0.717) is 16.9 Å². The van der Waals surface area contributed by atoms with E-state index in [-0.39, 0.29) is 51.6 Å². The number of aryl methyl sites for hydroxylation is 1. The van der Waals surface area contributed by atoms with Crippen molar-refractivity contribution < 1.29 is 22.8 Å². The maximum atomic E-state index is 13.9. The number of nitriles is 1. The van der Waals surface area contributed by atoms with Gasteiger partial charge in [0.1, 0.15) is 12.2 Å². The van der Waals surface area contributed by atoms with Crippen LogP contribution in [0.1, 0.15) is 55.5 Å².